The lowest BCUT2D eigenvalue weighted by atomic mass is 9.98. The molecule has 6 heteroatoms. The predicted molar refractivity (Wildman–Crippen MR) is 133 cm³/mol. The highest BCUT2D eigenvalue weighted by atomic mass is 16.5. The highest BCUT2D eigenvalue weighted by Gasteiger charge is 2.42. The largest absolute Gasteiger partial charge is 0.493 e. The Kier molecular flexibility index (Phi) is 7.56. The molecule has 4 rings (SSSR count). The first-order valence-corrected chi connectivity index (χ1v) is 12.3. The lowest BCUT2D eigenvalue weighted by molar-refractivity contribution is 0.0725. The summed E-state index contributed by atoms with van der Waals surface area (Å²) in [6, 6.07) is 12.2. The second-order valence-corrected chi connectivity index (χ2v) is 8.74. The minimum absolute atomic E-state index is 0.139. The number of fused-ring (bicyclic) bond motifs is 2. The second-order valence-electron chi connectivity index (χ2n) is 8.74. The van der Waals surface area contributed by atoms with Gasteiger partial charge in [0.05, 0.1) is 30.7 Å². The number of methoxy groups -OCH3 is 1. The summed E-state index contributed by atoms with van der Waals surface area (Å²) in [5, 5.41) is 0.482. The summed E-state index contributed by atoms with van der Waals surface area (Å²) in [4.78, 5) is 28.6. The second kappa shape index (κ2) is 10.8. The fourth-order valence-corrected chi connectivity index (χ4v) is 4.56. The molecule has 0 unspecified atom stereocenters. The molecule has 2 aromatic carbocycles. The number of para-hydroxylation sites is 1. The Hall–Kier alpha value is -3.28. The smallest absolute Gasteiger partial charge is 0.290 e. The van der Waals surface area contributed by atoms with Crippen molar-refractivity contribution in [3.05, 3.63) is 69.6 Å². The van der Waals surface area contributed by atoms with Gasteiger partial charge in [-0.1, -0.05) is 57.7 Å². The highest BCUT2D eigenvalue weighted by molar-refractivity contribution is 5.99. The van der Waals surface area contributed by atoms with E-state index in [-0.39, 0.29) is 17.1 Å². The van der Waals surface area contributed by atoms with Gasteiger partial charge in [0, 0.05) is 6.54 Å². The molecule has 1 atom stereocenters. The summed E-state index contributed by atoms with van der Waals surface area (Å²) in [5.41, 5.74) is 1.47. The fourth-order valence-electron chi connectivity index (χ4n) is 4.56. The number of carbonyl (C=O) groups is 1. The highest BCUT2D eigenvalue weighted by Crippen LogP contribution is 2.41. The number of rotatable bonds is 11. The van der Waals surface area contributed by atoms with Crippen molar-refractivity contribution < 1.29 is 18.7 Å². The van der Waals surface area contributed by atoms with Crippen molar-refractivity contribution in [2.24, 2.45) is 0 Å². The van der Waals surface area contributed by atoms with Crippen molar-refractivity contribution >= 4 is 16.9 Å². The fraction of sp³-hybridized carbons (Fsp3) is 0.429. The predicted octanol–water partition coefficient (Wildman–Crippen LogP) is 6.11. The quantitative estimate of drug-likeness (QED) is 0.321. The molecule has 1 aliphatic rings. The van der Waals surface area contributed by atoms with E-state index in [0.29, 0.717) is 41.2 Å². The average Bonchev–Trinajstić information content (AvgIpc) is 3.14. The van der Waals surface area contributed by atoms with Gasteiger partial charge in [0.2, 0.25) is 5.76 Å². The first-order valence-electron chi connectivity index (χ1n) is 12.3. The van der Waals surface area contributed by atoms with Gasteiger partial charge in [0.1, 0.15) is 5.58 Å². The van der Waals surface area contributed by atoms with Crippen LogP contribution in [0.25, 0.3) is 11.0 Å². The molecular weight excluding hydrogens is 430 g/mol. The monoisotopic (exact) mass is 463 g/mol. The molecule has 6 nitrogen and oxygen atoms in total. The van der Waals surface area contributed by atoms with Crippen LogP contribution in [0.15, 0.2) is 51.7 Å². The molecule has 0 saturated heterocycles. The van der Waals surface area contributed by atoms with Gasteiger partial charge >= 0.3 is 0 Å². The summed E-state index contributed by atoms with van der Waals surface area (Å²) in [6.45, 7) is 5.43. The SMILES string of the molecule is CCCCCCOc1ccc([C@H]2c3c(oc4ccccc4c3=O)C(=O)N2CCCC)cc1OC. The number of amides is 1. The molecule has 3 aromatic rings. The Morgan fingerprint density at radius 3 is 2.50 bits per heavy atom. The summed E-state index contributed by atoms with van der Waals surface area (Å²) >= 11 is 0. The van der Waals surface area contributed by atoms with Crippen LogP contribution in [0, 0.1) is 0 Å². The van der Waals surface area contributed by atoms with E-state index in [2.05, 4.69) is 13.8 Å². The summed E-state index contributed by atoms with van der Waals surface area (Å²) in [6.07, 6.45) is 6.26. The van der Waals surface area contributed by atoms with Crippen LogP contribution in [0.1, 0.15) is 80.1 Å². The third kappa shape index (κ3) is 4.54. The Morgan fingerprint density at radius 2 is 1.74 bits per heavy atom. The van der Waals surface area contributed by atoms with Crippen LogP contribution in [0.5, 0.6) is 11.5 Å². The van der Waals surface area contributed by atoms with E-state index in [4.69, 9.17) is 13.9 Å². The van der Waals surface area contributed by atoms with Crippen molar-refractivity contribution in [3.8, 4) is 11.5 Å². The first-order chi connectivity index (χ1) is 16.6. The van der Waals surface area contributed by atoms with Crippen LogP contribution in [-0.4, -0.2) is 31.1 Å². The standard InChI is InChI=1S/C28H33NO5/c1-4-6-8-11-17-33-22-15-14-19(18-23(22)32-3)25-24-26(30)20-12-9-10-13-21(20)34-27(24)28(31)29(25)16-7-5-2/h9-10,12-15,18,25H,4-8,11,16-17H2,1-3H3/t25-/m0/s1. The first kappa shape index (κ1) is 23.9. The molecule has 1 aliphatic heterocycles. The maximum absolute atomic E-state index is 13.5. The van der Waals surface area contributed by atoms with Gasteiger partial charge in [-0.15, -0.1) is 0 Å². The molecule has 2 heterocycles. The van der Waals surface area contributed by atoms with Crippen LogP contribution in [-0.2, 0) is 0 Å². The molecule has 1 amide bonds. The van der Waals surface area contributed by atoms with Gasteiger partial charge in [0.25, 0.3) is 5.91 Å². The molecule has 0 radical (unpaired) electrons. The molecule has 0 fully saturated rings. The van der Waals surface area contributed by atoms with Gasteiger partial charge in [0.15, 0.2) is 16.9 Å². The number of unbranched alkanes of at least 4 members (excludes halogenated alkanes) is 4. The van der Waals surface area contributed by atoms with Gasteiger partial charge in [-0.3, -0.25) is 9.59 Å². The third-order valence-corrected chi connectivity index (χ3v) is 6.38. The van der Waals surface area contributed by atoms with Crippen LogP contribution >= 0.6 is 0 Å². The van der Waals surface area contributed by atoms with Crippen molar-refractivity contribution in [2.75, 3.05) is 20.3 Å². The van der Waals surface area contributed by atoms with E-state index in [1.165, 1.54) is 12.8 Å². The Bertz CT molecular complexity index is 1220. The van der Waals surface area contributed by atoms with E-state index >= 15 is 0 Å². The molecular formula is C28H33NO5. The van der Waals surface area contributed by atoms with Crippen molar-refractivity contribution in [3.63, 3.8) is 0 Å². The molecule has 0 N–H and O–H groups in total. The molecule has 0 bridgehead atoms. The van der Waals surface area contributed by atoms with E-state index in [1.54, 1.807) is 30.2 Å². The van der Waals surface area contributed by atoms with Crippen molar-refractivity contribution in [2.45, 2.75) is 58.4 Å². The third-order valence-electron chi connectivity index (χ3n) is 6.38. The van der Waals surface area contributed by atoms with Crippen LogP contribution in [0.4, 0.5) is 0 Å². The topological polar surface area (TPSA) is 69.0 Å². The van der Waals surface area contributed by atoms with Crippen LogP contribution in [0.2, 0.25) is 0 Å². The zero-order chi connectivity index (χ0) is 24.1. The van der Waals surface area contributed by atoms with E-state index < -0.39 is 6.04 Å². The molecule has 0 aliphatic carbocycles. The van der Waals surface area contributed by atoms with Gasteiger partial charge in [-0.2, -0.15) is 0 Å². The maximum atomic E-state index is 13.5. The zero-order valence-corrected chi connectivity index (χ0v) is 20.3. The Morgan fingerprint density at radius 1 is 0.941 bits per heavy atom. The van der Waals surface area contributed by atoms with Crippen LogP contribution in [0.3, 0.4) is 0 Å². The molecule has 1 aromatic heterocycles. The normalized spacial score (nSPS) is 15.1. The van der Waals surface area contributed by atoms with E-state index in [1.807, 2.05) is 24.3 Å². The molecule has 0 saturated carbocycles. The van der Waals surface area contributed by atoms with Gasteiger partial charge < -0.3 is 18.8 Å². The summed E-state index contributed by atoms with van der Waals surface area (Å²) in [7, 11) is 1.60. The maximum Gasteiger partial charge on any atom is 0.290 e. The zero-order valence-electron chi connectivity index (χ0n) is 20.3. The van der Waals surface area contributed by atoms with Crippen LogP contribution < -0.4 is 14.9 Å². The number of carbonyl (C=O) groups excluding carboxylic acids is 1. The summed E-state index contributed by atoms with van der Waals surface area (Å²) in [5.74, 6) is 1.15. The Labute approximate surface area is 200 Å². The van der Waals surface area contributed by atoms with E-state index in [9.17, 15) is 9.59 Å². The number of hydrogen-bond acceptors (Lipinski definition) is 5. The number of benzene rings is 2. The minimum atomic E-state index is -0.526. The minimum Gasteiger partial charge on any atom is -0.493 e. The summed E-state index contributed by atoms with van der Waals surface area (Å²) < 4.78 is 17.6. The number of hydrogen-bond donors (Lipinski definition) is 0. The van der Waals surface area contributed by atoms with Gasteiger partial charge in [-0.25, -0.2) is 0 Å². The van der Waals surface area contributed by atoms with Gasteiger partial charge in [-0.05, 0) is 42.7 Å². The molecule has 0 spiro atoms. The van der Waals surface area contributed by atoms with Crippen molar-refractivity contribution in [1.29, 1.82) is 0 Å². The number of nitrogens with zero attached hydrogens (tertiary/aromatic N) is 1. The number of ether oxygens (including phenoxy) is 2. The Balaban J connectivity index is 1.74. The van der Waals surface area contributed by atoms with Crippen molar-refractivity contribution in [1.82, 2.24) is 4.90 Å². The molecule has 34 heavy (non-hydrogen) atoms. The lowest BCUT2D eigenvalue weighted by Crippen LogP contribution is -2.30. The lowest BCUT2D eigenvalue weighted by Gasteiger charge is -2.25. The van der Waals surface area contributed by atoms with E-state index in [0.717, 1.165) is 31.2 Å². The average molecular weight is 464 g/mol. The molecule has 180 valence electrons.